The molecule has 1 fully saturated rings. The molecular weight excluding hydrogens is 344 g/mol. The van der Waals surface area contributed by atoms with Gasteiger partial charge in [0.05, 0.1) is 6.04 Å². The Balaban J connectivity index is 2.37. The van der Waals surface area contributed by atoms with Crippen LogP contribution < -0.4 is 5.32 Å². The summed E-state index contributed by atoms with van der Waals surface area (Å²) in [4.78, 5) is 27.1. The van der Waals surface area contributed by atoms with Crippen LogP contribution >= 0.6 is 0 Å². The number of benzene rings is 1. The van der Waals surface area contributed by atoms with E-state index in [0.29, 0.717) is 13.0 Å². The van der Waals surface area contributed by atoms with Crippen LogP contribution in [-0.2, 0) is 9.47 Å². The van der Waals surface area contributed by atoms with Gasteiger partial charge >= 0.3 is 12.2 Å². The van der Waals surface area contributed by atoms with Crippen molar-refractivity contribution < 1.29 is 19.1 Å². The highest BCUT2D eigenvalue weighted by molar-refractivity contribution is 5.88. The van der Waals surface area contributed by atoms with Gasteiger partial charge in [0.2, 0.25) is 0 Å². The molecule has 1 saturated heterocycles. The second-order valence-electron chi connectivity index (χ2n) is 8.91. The Morgan fingerprint density at radius 3 is 1.96 bits per heavy atom. The van der Waals surface area contributed by atoms with Crippen molar-refractivity contribution in [2.45, 2.75) is 71.1 Å². The van der Waals surface area contributed by atoms with Crippen LogP contribution in [0.4, 0.5) is 9.59 Å². The number of piperidine rings is 1. The third-order valence-corrected chi connectivity index (χ3v) is 4.19. The highest BCUT2D eigenvalue weighted by Crippen LogP contribution is 2.30. The molecule has 0 aliphatic carbocycles. The first-order valence-corrected chi connectivity index (χ1v) is 9.49. The molecule has 27 heavy (non-hydrogen) atoms. The van der Waals surface area contributed by atoms with Crippen LogP contribution in [0.15, 0.2) is 30.3 Å². The maximum atomic E-state index is 12.9. The van der Waals surface area contributed by atoms with Gasteiger partial charge in [-0.1, -0.05) is 30.3 Å². The third-order valence-electron chi connectivity index (χ3n) is 4.19. The Labute approximate surface area is 162 Å². The average Bonchev–Trinajstić information content (AvgIpc) is 2.53. The maximum Gasteiger partial charge on any atom is 0.420 e. The summed E-state index contributed by atoms with van der Waals surface area (Å²) in [5.41, 5.74) is -0.328. The molecule has 1 heterocycles. The maximum absolute atomic E-state index is 12.9. The van der Waals surface area contributed by atoms with E-state index in [1.54, 1.807) is 41.5 Å². The first kappa shape index (κ1) is 21.2. The zero-order valence-electron chi connectivity index (χ0n) is 17.2. The number of carbonyl (C=O) groups is 2. The molecule has 1 aliphatic rings. The van der Waals surface area contributed by atoms with Crippen molar-refractivity contribution in [3.8, 4) is 0 Å². The molecular formula is C21H32N2O4. The standard InChI is InChI=1S/C21H32N2O4/c1-20(2,3)26-18(24)23(19(25)27-21(4,5)6)17-12-13-22-14-16(17)15-10-8-7-9-11-15/h7-11,16-17,22H,12-14H2,1-6H3/t16-,17-/m0/s1. The van der Waals surface area contributed by atoms with Crippen molar-refractivity contribution in [1.29, 1.82) is 0 Å². The number of imide groups is 1. The first-order valence-electron chi connectivity index (χ1n) is 9.49. The minimum Gasteiger partial charge on any atom is -0.443 e. The highest BCUT2D eigenvalue weighted by atomic mass is 16.6. The van der Waals surface area contributed by atoms with Crippen molar-refractivity contribution in [3.63, 3.8) is 0 Å². The van der Waals surface area contributed by atoms with Gasteiger partial charge in [-0.05, 0) is 60.1 Å². The predicted molar refractivity (Wildman–Crippen MR) is 105 cm³/mol. The van der Waals surface area contributed by atoms with Crippen LogP contribution in [0.25, 0.3) is 0 Å². The second kappa shape index (κ2) is 8.30. The summed E-state index contributed by atoms with van der Waals surface area (Å²) < 4.78 is 11.1. The smallest absolute Gasteiger partial charge is 0.420 e. The molecule has 2 rings (SSSR count). The summed E-state index contributed by atoms with van der Waals surface area (Å²) in [6.45, 7) is 12.1. The van der Waals surface area contributed by atoms with Crippen molar-refractivity contribution in [3.05, 3.63) is 35.9 Å². The average molecular weight is 376 g/mol. The molecule has 2 amide bonds. The Bertz CT molecular complexity index is 618. The fraction of sp³-hybridized carbons (Fsp3) is 0.619. The first-order chi connectivity index (χ1) is 12.5. The largest absolute Gasteiger partial charge is 0.443 e. The molecule has 1 aliphatic heterocycles. The van der Waals surface area contributed by atoms with Crippen molar-refractivity contribution in [1.82, 2.24) is 10.2 Å². The van der Waals surface area contributed by atoms with Crippen LogP contribution in [0.5, 0.6) is 0 Å². The number of rotatable bonds is 2. The summed E-state index contributed by atoms with van der Waals surface area (Å²) in [6, 6.07) is 9.59. The van der Waals surface area contributed by atoms with E-state index in [2.05, 4.69) is 5.32 Å². The number of carbonyl (C=O) groups excluding carboxylic acids is 2. The lowest BCUT2D eigenvalue weighted by Crippen LogP contribution is -2.55. The van der Waals surface area contributed by atoms with E-state index < -0.39 is 23.4 Å². The molecule has 0 unspecified atom stereocenters. The van der Waals surface area contributed by atoms with Gasteiger partial charge in [-0.2, -0.15) is 0 Å². The van der Waals surface area contributed by atoms with E-state index in [0.717, 1.165) is 12.1 Å². The second-order valence-corrected chi connectivity index (χ2v) is 8.91. The number of amides is 2. The molecule has 150 valence electrons. The highest BCUT2D eigenvalue weighted by Gasteiger charge is 2.41. The molecule has 0 spiro atoms. The number of hydrogen-bond donors (Lipinski definition) is 1. The van der Waals surface area contributed by atoms with Crippen molar-refractivity contribution >= 4 is 12.2 Å². The molecule has 1 aromatic carbocycles. The molecule has 6 nitrogen and oxygen atoms in total. The predicted octanol–water partition coefficient (Wildman–Crippen LogP) is 4.30. The molecule has 1 aromatic rings. The van der Waals surface area contributed by atoms with E-state index in [4.69, 9.17) is 9.47 Å². The summed E-state index contributed by atoms with van der Waals surface area (Å²) in [7, 11) is 0. The Kier molecular flexibility index (Phi) is 6.52. The normalized spacial score (nSPS) is 20.7. The lowest BCUT2D eigenvalue weighted by molar-refractivity contribution is -0.0122. The quantitative estimate of drug-likeness (QED) is 0.833. The summed E-state index contributed by atoms with van der Waals surface area (Å²) in [5.74, 6) is -0.0278. The number of ether oxygens (including phenoxy) is 2. The Hall–Kier alpha value is -2.08. The van der Waals surface area contributed by atoms with Gasteiger partial charge in [0.1, 0.15) is 11.2 Å². The lowest BCUT2D eigenvalue weighted by atomic mass is 9.86. The number of nitrogens with one attached hydrogen (secondary N) is 1. The molecule has 6 heteroatoms. The summed E-state index contributed by atoms with van der Waals surface area (Å²) >= 11 is 0. The van der Waals surface area contributed by atoms with Crippen molar-refractivity contribution in [2.24, 2.45) is 0 Å². The van der Waals surface area contributed by atoms with Gasteiger partial charge in [0, 0.05) is 12.5 Å². The van der Waals surface area contributed by atoms with Crippen molar-refractivity contribution in [2.75, 3.05) is 13.1 Å². The van der Waals surface area contributed by atoms with E-state index in [1.165, 1.54) is 4.90 Å². The Morgan fingerprint density at radius 1 is 0.963 bits per heavy atom. The molecule has 0 aromatic heterocycles. The van der Waals surface area contributed by atoms with Crippen LogP contribution in [0.3, 0.4) is 0 Å². The zero-order chi connectivity index (χ0) is 20.2. The Morgan fingerprint density at radius 2 is 1.48 bits per heavy atom. The fourth-order valence-electron chi connectivity index (χ4n) is 3.16. The molecule has 0 bridgehead atoms. The minimum absolute atomic E-state index is 0.0278. The monoisotopic (exact) mass is 376 g/mol. The van der Waals surface area contributed by atoms with Gasteiger partial charge in [-0.3, -0.25) is 0 Å². The zero-order valence-corrected chi connectivity index (χ0v) is 17.2. The topological polar surface area (TPSA) is 67.9 Å². The third kappa shape index (κ3) is 6.24. The molecule has 0 radical (unpaired) electrons. The SMILES string of the molecule is CC(C)(C)OC(=O)N(C(=O)OC(C)(C)C)[C@H]1CCNC[C@H]1c1ccccc1. The van der Waals surface area contributed by atoms with Gasteiger partial charge in [-0.25, -0.2) is 14.5 Å². The van der Waals surface area contributed by atoms with Gasteiger partial charge in [-0.15, -0.1) is 0 Å². The number of nitrogens with zero attached hydrogens (tertiary/aromatic N) is 1. The summed E-state index contributed by atoms with van der Waals surface area (Å²) in [6.07, 6.45) is -0.688. The van der Waals surface area contributed by atoms with Crippen LogP contribution in [-0.4, -0.2) is 47.4 Å². The van der Waals surface area contributed by atoms with Crippen LogP contribution in [0.2, 0.25) is 0 Å². The van der Waals surface area contributed by atoms with E-state index in [-0.39, 0.29) is 12.0 Å². The fourth-order valence-corrected chi connectivity index (χ4v) is 3.16. The number of hydrogen-bond acceptors (Lipinski definition) is 5. The van der Waals surface area contributed by atoms with E-state index in [1.807, 2.05) is 30.3 Å². The van der Waals surface area contributed by atoms with Crippen LogP contribution in [0.1, 0.15) is 59.4 Å². The molecule has 1 N–H and O–H groups in total. The van der Waals surface area contributed by atoms with E-state index >= 15 is 0 Å². The van der Waals surface area contributed by atoms with Gasteiger partial charge < -0.3 is 14.8 Å². The molecule has 0 saturated carbocycles. The lowest BCUT2D eigenvalue weighted by Gasteiger charge is -2.40. The van der Waals surface area contributed by atoms with Gasteiger partial charge in [0.25, 0.3) is 0 Å². The summed E-state index contributed by atoms with van der Waals surface area (Å²) in [5, 5.41) is 3.36. The van der Waals surface area contributed by atoms with Crippen LogP contribution in [0, 0.1) is 0 Å². The molecule has 2 atom stereocenters. The minimum atomic E-state index is -0.702. The van der Waals surface area contributed by atoms with E-state index in [9.17, 15) is 9.59 Å². The van der Waals surface area contributed by atoms with Gasteiger partial charge in [0.15, 0.2) is 0 Å².